The smallest absolute Gasteiger partial charge is 0.248 e. The zero-order chi connectivity index (χ0) is 22.6. The zero-order valence-electron chi connectivity index (χ0n) is 18.6. The maximum Gasteiger partial charge on any atom is 0.248 e. The Morgan fingerprint density at radius 1 is 1.06 bits per heavy atom. The maximum atomic E-state index is 12.4. The Labute approximate surface area is 196 Å². The molecule has 0 radical (unpaired) electrons. The number of rotatable bonds is 12. The van der Waals surface area contributed by atoms with E-state index < -0.39 is 0 Å². The first-order valence-electron chi connectivity index (χ1n) is 10.8. The number of halogens is 2. The van der Waals surface area contributed by atoms with Crippen LogP contribution in [0.25, 0.3) is 6.08 Å². The van der Waals surface area contributed by atoms with E-state index in [2.05, 4.69) is 24.1 Å². The number of anilines is 1. The molecule has 0 saturated heterocycles. The van der Waals surface area contributed by atoms with E-state index in [1.807, 2.05) is 18.2 Å². The van der Waals surface area contributed by atoms with E-state index in [9.17, 15) is 4.79 Å². The summed E-state index contributed by atoms with van der Waals surface area (Å²) in [6.45, 7) is 7.75. The van der Waals surface area contributed by atoms with Crippen LogP contribution < -0.4 is 10.1 Å². The number of hydrogen-bond acceptors (Lipinski definition) is 3. The summed E-state index contributed by atoms with van der Waals surface area (Å²) in [4.78, 5) is 14.9. The molecule has 0 aliphatic carbocycles. The van der Waals surface area contributed by atoms with Gasteiger partial charge in [0.15, 0.2) is 0 Å². The second-order valence-corrected chi connectivity index (χ2v) is 8.30. The summed E-state index contributed by atoms with van der Waals surface area (Å²) in [6, 6.07) is 10.9. The Morgan fingerprint density at radius 2 is 1.81 bits per heavy atom. The lowest BCUT2D eigenvalue weighted by molar-refractivity contribution is -0.111. The number of hydrogen-bond donors (Lipinski definition) is 1. The summed E-state index contributed by atoms with van der Waals surface area (Å²) in [5, 5.41) is 3.98. The summed E-state index contributed by atoms with van der Waals surface area (Å²) in [7, 11) is 1.68. The summed E-state index contributed by atoms with van der Waals surface area (Å²) >= 11 is 12.1. The number of ether oxygens (including phenoxy) is 1. The zero-order valence-corrected chi connectivity index (χ0v) is 20.1. The van der Waals surface area contributed by atoms with Crippen LogP contribution in [0.3, 0.4) is 0 Å². The fourth-order valence-corrected chi connectivity index (χ4v) is 3.97. The first kappa shape index (κ1) is 25.3. The molecule has 0 aromatic heterocycles. The molecule has 0 unspecified atom stereocenters. The van der Waals surface area contributed by atoms with Gasteiger partial charge < -0.3 is 15.0 Å². The van der Waals surface area contributed by atoms with E-state index in [-0.39, 0.29) is 5.91 Å². The predicted molar refractivity (Wildman–Crippen MR) is 132 cm³/mol. The van der Waals surface area contributed by atoms with E-state index in [1.165, 1.54) is 18.9 Å². The molecular formula is C25H32Cl2N2O2. The fourth-order valence-electron chi connectivity index (χ4n) is 3.50. The lowest BCUT2D eigenvalue weighted by atomic mass is 10.1. The highest BCUT2D eigenvalue weighted by Crippen LogP contribution is 2.25. The molecule has 0 spiro atoms. The Kier molecular flexibility index (Phi) is 10.9. The molecule has 31 heavy (non-hydrogen) atoms. The van der Waals surface area contributed by atoms with Crippen LogP contribution in [0.4, 0.5) is 5.69 Å². The van der Waals surface area contributed by atoms with Gasteiger partial charge in [0, 0.05) is 21.8 Å². The first-order valence-corrected chi connectivity index (χ1v) is 11.6. The lowest BCUT2D eigenvalue weighted by Crippen LogP contribution is -2.26. The van der Waals surface area contributed by atoms with Gasteiger partial charge in [-0.25, -0.2) is 0 Å². The van der Waals surface area contributed by atoms with Crippen molar-refractivity contribution in [3.05, 3.63) is 63.6 Å². The van der Waals surface area contributed by atoms with Gasteiger partial charge in [0.05, 0.1) is 7.11 Å². The van der Waals surface area contributed by atoms with Crippen LogP contribution in [-0.4, -0.2) is 37.6 Å². The monoisotopic (exact) mass is 462 g/mol. The van der Waals surface area contributed by atoms with Crippen molar-refractivity contribution >= 4 is 40.9 Å². The van der Waals surface area contributed by atoms with Gasteiger partial charge in [-0.15, -0.1) is 0 Å². The van der Waals surface area contributed by atoms with Crippen molar-refractivity contribution in [1.82, 2.24) is 4.90 Å². The molecule has 2 aromatic rings. The lowest BCUT2D eigenvalue weighted by Gasteiger charge is -2.21. The summed E-state index contributed by atoms with van der Waals surface area (Å²) in [5.74, 6) is 0.623. The topological polar surface area (TPSA) is 41.6 Å². The Balaban J connectivity index is 2.00. The summed E-state index contributed by atoms with van der Waals surface area (Å²) in [6.07, 6.45) is 7.41. The molecule has 2 aromatic carbocycles. The first-order chi connectivity index (χ1) is 15.0. The van der Waals surface area contributed by atoms with Crippen LogP contribution in [0, 0.1) is 0 Å². The number of aryl methyl sites for hydroxylation is 1. The van der Waals surface area contributed by atoms with Gasteiger partial charge >= 0.3 is 0 Å². The molecule has 0 aliphatic heterocycles. The van der Waals surface area contributed by atoms with Crippen molar-refractivity contribution in [1.29, 1.82) is 0 Å². The highest BCUT2D eigenvalue weighted by molar-refractivity contribution is 6.35. The molecule has 0 aliphatic rings. The average molecular weight is 463 g/mol. The van der Waals surface area contributed by atoms with Gasteiger partial charge in [0.25, 0.3) is 0 Å². The quantitative estimate of drug-likeness (QED) is 0.356. The van der Waals surface area contributed by atoms with E-state index in [0.29, 0.717) is 10.0 Å². The van der Waals surface area contributed by atoms with Crippen LogP contribution in [0.2, 0.25) is 10.0 Å². The fraction of sp³-hybridized carbons (Fsp3) is 0.400. The van der Waals surface area contributed by atoms with Crippen molar-refractivity contribution in [3.63, 3.8) is 0 Å². The number of methoxy groups -OCH3 is 1. The molecule has 0 fully saturated rings. The van der Waals surface area contributed by atoms with Crippen molar-refractivity contribution in [3.8, 4) is 5.75 Å². The molecule has 6 heteroatoms. The molecule has 4 nitrogen and oxygen atoms in total. The minimum absolute atomic E-state index is 0.223. The highest BCUT2D eigenvalue weighted by atomic mass is 35.5. The van der Waals surface area contributed by atoms with Crippen LogP contribution in [0.15, 0.2) is 42.5 Å². The number of benzene rings is 2. The summed E-state index contributed by atoms with van der Waals surface area (Å²) < 4.78 is 5.52. The van der Waals surface area contributed by atoms with Crippen LogP contribution in [-0.2, 0) is 11.2 Å². The van der Waals surface area contributed by atoms with E-state index in [0.717, 1.165) is 55.0 Å². The second-order valence-electron chi connectivity index (χ2n) is 7.46. The molecule has 1 N–H and O–H groups in total. The Morgan fingerprint density at radius 3 is 2.45 bits per heavy atom. The van der Waals surface area contributed by atoms with Crippen molar-refractivity contribution in [2.24, 2.45) is 0 Å². The highest BCUT2D eigenvalue weighted by Gasteiger charge is 2.08. The molecule has 0 bridgehead atoms. The molecule has 2 rings (SSSR count). The molecule has 168 valence electrons. The third-order valence-corrected chi connectivity index (χ3v) is 5.49. The molecule has 0 saturated carbocycles. The third-order valence-electron chi connectivity index (χ3n) is 4.92. The van der Waals surface area contributed by atoms with Crippen molar-refractivity contribution in [2.75, 3.05) is 32.1 Å². The largest absolute Gasteiger partial charge is 0.496 e. The van der Waals surface area contributed by atoms with E-state index in [4.69, 9.17) is 27.9 Å². The normalized spacial score (nSPS) is 11.3. The van der Waals surface area contributed by atoms with E-state index >= 15 is 0 Å². The average Bonchev–Trinajstić information content (AvgIpc) is 2.73. The number of carbonyl (C=O) groups excluding carboxylic acids is 1. The molecular weight excluding hydrogens is 431 g/mol. The van der Waals surface area contributed by atoms with Gasteiger partial charge in [-0.3, -0.25) is 4.79 Å². The van der Waals surface area contributed by atoms with E-state index in [1.54, 1.807) is 31.4 Å². The van der Waals surface area contributed by atoms with Gasteiger partial charge in [0.2, 0.25) is 5.91 Å². The van der Waals surface area contributed by atoms with Crippen molar-refractivity contribution < 1.29 is 9.53 Å². The number of amides is 1. The number of carbonyl (C=O) groups is 1. The van der Waals surface area contributed by atoms with Crippen LogP contribution in [0.1, 0.15) is 44.2 Å². The third kappa shape index (κ3) is 8.56. The Hall–Kier alpha value is -2.01. The van der Waals surface area contributed by atoms with Crippen LogP contribution >= 0.6 is 23.2 Å². The van der Waals surface area contributed by atoms with Gasteiger partial charge in [0.1, 0.15) is 5.75 Å². The van der Waals surface area contributed by atoms with Crippen molar-refractivity contribution in [2.45, 2.75) is 39.5 Å². The number of nitrogens with one attached hydrogen (secondary N) is 1. The van der Waals surface area contributed by atoms with Gasteiger partial charge in [-0.05, 0) is 92.9 Å². The maximum absolute atomic E-state index is 12.4. The SMILES string of the molecule is CCCN(CCC)CCCc1cc(NC(=O)C=Cc2ccc(Cl)cc2Cl)ccc1OC. The van der Waals surface area contributed by atoms with Crippen LogP contribution in [0.5, 0.6) is 5.75 Å². The summed E-state index contributed by atoms with van der Waals surface area (Å²) in [5.41, 5.74) is 2.57. The minimum atomic E-state index is -0.223. The number of nitrogens with zero attached hydrogens (tertiary/aromatic N) is 1. The van der Waals surface area contributed by atoms with Gasteiger partial charge in [-0.2, -0.15) is 0 Å². The standard InChI is InChI=1S/C25H32Cl2N2O2/c1-4-14-29(15-5-2)16-6-7-20-17-22(11-12-24(20)31-3)28-25(30)13-9-19-8-10-21(26)18-23(19)27/h8-13,17-18H,4-7,14-16H2,1-3H3,(H,28,30). The minimum Gasteiger partial charge on any atom is -0.496 e. The predicted octanol–water partition coefficient (Wildman–Crippen LogP) is 6.71. The molecule has 1 amide bonds. The van der Waals surface area contributed by atoms with Gasteiger partial charge in [-0.1, -0.05) is 43.1 Å². The second kappa shape index (κ2) is 13.4. The Bertz CT molecular complexity index is 878. The molecule has 0 atom stereocenters. The molecule has 0 heterocycles.